The molecule has 2 aromatic rings. The first-order valence-corrected chi connectivity index (χ1v) is 7.65. The largest absolute Gasteiger partial charge is 0.488 e. The van der Waals surface area contributed by atoms with E-state index >= 15 is 0 Å². The summed E-state index contributed by atoms with van der Waals surface area (Å²) in [6, 6.07) is 13.1. The van der Waals surface area contributed by atoms with E-state index in [1.807, 2.05) is 24.3 Å². The zero-order chi connectivity index (χ0) is 14.5. The maximum absolute atomic E-state index is 11.4. The molecule has 20 heavy (non-hydrogen) atoms. The van der Waals surface area contributed by atoms with E-state index in [1.165, 1.54) is 0 Å². The molecule has 2 rings (SSSR count). The van der Waals surface area contributed by atoms with Crippen LogP contribution in [0.5, 0.6) is 5.75 Å². The van der Waals surface area contributed by atoms with E-state index in [9.17, 15) is 4.79 Å². The number of ether oxygens (including phenoxy) is 1. The monoisotopic (exact) mass is 446 g/mol. The molecule has 0 aliphatic carbocycles. The second-order valence-corrected chi connectivity index (χ2v) is 6.12. The third kappa shape index (κ3) is 3.94. The molecule has 104 valence electrons. The van der Waals surface area contributed by atoms with Gasteiger partial charge < -0.3 is 4.74 Å². The Morgan fingerprint density at radius 1 is 1.30 bits per heavy atom. The standard InChI is InChI=1S/C14H12BrIN2O2/c15-11-3-1-2-9(6-11)8-20-13-5-4-10(7-12(13)16)14(19)18-17/h1-7H,8,17H2,(H,18,19). The molecule has 0 aliphatic rings. The van der Waals surface area contributed by atoms with E-state index in [-0.39, 0.29) is 5.91 Å². The minimum absolute atomic E-state index is 0.318. The molecule has 3 N–H and O–H groups in total. The summed E-state index contributed by atoms with van der Waals surface area (Å²) in [4.78, 5) is 11.4. The minimum Gasteiger partial charge on any atom is -0.488 e. The average molecular weight is 447 g/mol. The number of rotatable bonds is 4. The van der Waals surface area contributed by atoms with Crippen molar-refractivity contribution in [3.8, 4) is 5.75 Å². The number of carbonyl (C=O) groups is 1. The topological polar surface area (TPSA) is 64.3 Å². The summed E-state index contributed by atoms with van der Waals surface area (Å²) >= 11 is 5.55. The van der Waals surface area contributed by atoms with Crippen LogP contribution in [0.2, 0.25) is 0 Å². The molecule has 0 spiro atoms. The van der Waals surface area contributed by atoms with Gasteiger partial charge in [0.1, 0.15) is 12.4 Å². The van der Waals surface area contributed by atoms with Gasteiger partial charge in [-0.05, 0) is 58.5 Å². The summed E-state index contributed by atoms with van der Waals surface area (Å²) in [6.45, 7) is 0.470. The van der Waals surface area contributed by atoms with Crippen LogP contribution in [0.1, 0.15) is 15.9 Å². The fraction of sp³-hybridized carbons (Fsp3) is 0.0714. The number of nitrogens with one attached hydrogen (secondary N) is 1. The van der Waals surface area contributed by atoms with Crippen LogP contribution in [0.25, 0.3) is 0 Å². The highest BCUT2D eigenvalue weighted by Gasteiger charge is 2.08. The lowest BCUT2D eigenvalue weighted by Gasteiger charge is -2.10. The van der Waals surface area contributed by atoms with E-state index in [0.29, 0.717) is 12.2 Å². The maximum Gasteiger partial charge on any atom is 0.265 e. The number of hydrogen-bond acceptors (Lipinski definition) is 3. The maximum atomic E-state index is 11.4. The lowest BCUT2D eigenvalue weighted by Crippen LogP contribution is -2.29. The number of amides is 1. The highest BCUT2D eigenvalue weighted by Crippen LogP contribution is 2.23. The van der Waals surface area contributed by atoms with Gasteiger partial charge in [-0.25, -0.2) is 5.84 Å². The molecule has 0 unspecified atom stereocenters. The van der Waals surface area contributed by atoms with Gasteiger partial charge in [-0.2, -0.15) is 0 Å². The van der Waals surface area contributed by atoms with Crippen molar-refractivity contribution in [2.75, 3.05) is 0 Å². The Labute approximate surface area is 138 Å². The van der Waals surface area contributed by atoms with Crippen LogP contribution in [0.4, 0.5) is 0 Å². The number of halogens is 2. The van der Waals surface area contributed by atoms with Crippen molar-refractivity contribution in [1.29, 1.82) is 0 Å². The van der Waals surface area contributed by atoms with E-state index in [2.05, 4.69) is 43.9 Å². The Morgan fingerprint density at radius 3 is 2.75 bits per heavy atom. The van der Waals surface area contributed by atoms with Crippen molar-refractivity contribution in [2.45, 2.75) is 6.61 Å². The van der Waals surface area contributed by atoms with Crippen LogP contribution in [0.3, 0.4) is 0 Å². The van der Waals surface area contributed by atoms with Crippen molar-refractivity contribution in [3.63, 3.8) is 0 Å². The number of carbonyl (C=O) groups excluding carboxylic acids is 1. The summed E-state index contributed by atoms with van der Waals surface area (Å²) in [7, 11) is 0. The van der Waals surface area contributed by atoms with Crippen LogP contribution in [0, 0.1) is 3.57 Å². The minimum atomic E-state index is -0.318. The van der Waals surface area contributed by atoms with Crippen LogP contribution in [-0.4, -0.2) is 5.91 Å². The van der Waals surface area contributed by atoms with E-state index < -0.39 is 0 Å². The Hall–Kier alpha value is -1.12. The molecule has 4 nitrogen and oxygen atoms in total. The molecular formula is C14H12BrIN2O2. The van der Waals surface area contributed by atoms with Gasteiger partial charge >= 0.3 is 0 Å². The van der Waals surface area contributed by atoms with Gasteiger partial charge in [0.2, 0.25) is 0 Å². The van der Waals surface area contributed by atoms with Gasteiger partial charge in [0, 0.05) is 10.0 Å². The molecule has 0 saturated heterocycles. The lowest BCUT2D eigenvalue weighted by molar-refractivity contribution is 0.0953. The van der Waals surface area contributed by atoms with Gasteiger partial charge in [-0.15, -0.1) is 0 Å². The fourth-order valence-electron chi connectivity index (χ4n) is 1.63. The predicted octanol–water partition coefficient (Wildman–Crippen LogP) is 3.24. The van der Waals surface area contributed by atoms with Gasteiger partial charge in [0.25, 0.3) is 5.91 Å². The molecule has 0 radical (unpaired) electrons. The Balaban J connectivity index is 2.08. The third-order valence-corrected chi connectivity index (χ3v) is 3.94. The first-order valence-electron chi connectivity index (χ1n) is 5.78. The first-order chi connectivity index (χ1) is 9.60. The van der Waals surface area contributed by atoms with Crippen molar-refractivity contribution >= 4 is 44.4 Å². The zero-order valence-electron chi connectivity index (χ0n) is 10.4. The predicted molar refractivity (Wildman–Crippen MR) is 89.3 cm³/mol. The number of hydrazine groups is 1. The number of nitrogen functional groups attached to an aromatic ring is 1. The normalized spacial score (nSPS) is 10.2. The molecule has 1 amide bonds. The molecule has 0 heterocycles. The highest BCUT2D eigenvalue weighted by molar-refractivity contribution is 14.1. The number of benzene rings is 2. The van der Waals surface area contributed by atoms with Crippen molar-refractivity contribution in [3.05, 3.63) is 61.6 Å². The molecule has 0 saturated carbocycles. The molecule has 0 aromatic heterocycles. The second kappa shape index (κ2) is 7.05. The van der Waals surface area contributed by atoms with Crippen molar-refractivity contribution in [1.82, 2.24) is 5.43 Å². The van der Waals surface area contributed by atoms with Crippen LogP contribution in [0.15, 0.2) is 46.9 Å². The molecule has 0 bridgehead atoms. The van der Waals surface area contributed by atoms with Crippen LogP contribution in [-0.2, 0) is 6.61 Å². The van der Waals surface area contributed by atoms with Gasteiger partial charge in [-0.3, -0.25) is 10.2 Å². The summed E-state index contributed by atoms with van der Waals surface area (Å²) < 4.78 is 7.63. The third-order valence-electron chi connectivity index (χ3n) is 2.61. The SMILES string of the molecule is NNC(=O)c1ccc(OCc2cccc(Br)c2)c(I)c1. The molecule has 2 aromatic carbocycles. The zero-order valence-corrected chi connectivity index (χ0v) is 14.1. The van der Waals surface area contributed by atoms with Crippen molar-refractivity contribution < 1.29 is 9.53 Å². The lowest BCUT2D eigenvalue weighted by atomic mass is 10.2. The molecule has 0 aliphatic heterocycles. The molecule has 0 fully saturated rings. The van der Waals surface area contributed by atoms with Crippen LogP contribution >= 0.6 is 38.5 Å². The number of hydrogen-bond donors (Lipinski definition) is 2. The Bertz CT molecular complexity index is 634. The van der Waals surface area contributed by atoms with Gasteiger partial charge in [0.15, 0.2) is 0 Å². The van der Waals surface area contributed by atoms with Gasteiger partial charge in [0.05, 0.1) is 3.57 Å². The van der Waals surface area contributed by atoms with Crippen LogP contribution < -0.4 is 16.0 Å². The second-order valence-electron chi connectivity index (χ2n) is 4.04. The average Bonchev–Trinajstić information content (AvgIpc) is 2.45. The van der Waals surface area contributed by atoms with Gasteiger partial charge in [-0.1, -0.05) is 28.1 Å². The molecular weight excluding hydrogens is 435 g/mol. The summed E-state index contributed by atoms with van der Waals surface area (Å²) in [5.74, 6) is 5.52. The Kier molecular flexibility index (Phi) is 5.38. The van der Waals surface area contributed by atoms with E-state index in [0.717, 1.165) is 19.4 Å². The smallest absolute Gasteiger partial charge is 0.265 e. The first kappa shape index (κ1) is 15.3. The van der Waals surface area contributed by atoms with E-state index in [4.69, 9.17) is 10.6 Å². The number of nitrogens with two attached hydrogens (primary N) is 1. The highest BCUT2D eigenvalue weighted by atomic mass is 127. The molecule has 6 heteroatoms. The van der Waals surface area contributed by atoms with Crippen molar-refractivity contribution in [2.24, 2.45) is 5.84 Å². The summed E-state index contributed by atoms with van der Waals surface area (Å²) in [6.07, 6.45) is 0. The quantitative estimate of drug-likeness (QED) is 0.328. The fourth-order valence-corrected chi connectivity index (χ4v) is 2.75. The Morgan fingerprint density at radius 2 is 2.10 bits per heavy atom. The summed E-state index contributed by atoms with van der Waals surface area (Å²) in [5, 5.41) is 0. The summed E-state index contributed by atoms with van der Waals surface area (Å²) in [5.41, 5.74) is 3.68. The molecule has 0 atom stereocenters. The van der Waals surface area contributed by atoms with E-state index in [1.54, 1.807) is 18.2 Å².